The SMILES string of the molecule is Cc1cncc(S(=O)(=O)N2CCc3ccsc3C2C(=O)O)c1. The maximum absolute atomic E-state index is 12.8. The van der Waals surface area contributed by atoms with E-state index in [-0.39, 0.29) is 11.4 Å². The van der Waals surface area contributed by atoms with Crippen molar-refractivity contribution in [1.29, 1.82) is 0 Å². The molecule has 0 fully saturated rings. The Labute approximate surface area is 132 Å². The molecule has 0 saturated carbocycles. The van der Waals surface area contributed by atoms with E-state index in [9.17, 15) is 18.3 Å². The van der Waals surface area contributed by atoms with Crippen molar-refractivity contribution in [2.45, 2.75) is 24.3 Å². The molecule has 0 radical (unpaired) electrons. The number of nitrogens with zero attached hydrogens (tertiary/aromatic N) is 2. The molecule has 1 aliphatic rings. The highest BCUT2D eigenvalue weighted by Gasteiger charge is 2.41. The fourth-order valence-corrected chi connectivity index (χ4v) is 5.31. The Kier molecular flexibility index (Phi) is 3.75. The van der Waals surface area contributed by atoms with Crippen LogP contribution in [0, 0.1) is 6.92 Å². The molecule has 0 aliphatic carbocycles. The number of pyridine rings is 1. The van der Waals surface area contributed by atoms with Crippen LogP contribution in [0.5, 0.6) is 0 Å². The number of aryl methyl sites for hydroxylation is 1. The zero-order chi connectivity index (χ0) is 15.9. The first kappa shape index (κ1) is 15.1. The summed E-state index contributed by atoms with van der Waals surface area (Å²) in [6.07, 6.45) is 3.33. The van der Waals surface area contributed by atoms with Gasteiger partial charge in [-0.05, 0) is 42.0 Å². The predicted octanol–water partition coefficient (Wildman–Crippen LogP) is 1.82. The maximum atomic E-state index is 12.8. The summed E-state index contributed by atoms with van der Waals surface area (Å²) in [6.45, 7) is 1.89. The topological polar surface area (TPSA) is 87.6 Å². The third-order valence-electron chi connectivity index (χ3n) is 3.61. The van der Waals surface area contributed by atoms with Gasteiger partial charge in [0.2, 0.25) is 10.0 Å². The first-order chi connectivity index (χ1) is 10.4. The first-order valence-electron chi connectivity index (χ1n) is 6.64. The van der Waals surface area contributed by atoms with Gasteiger partial charge in [-0.15, -0.1) is 11.3 Å². The Bertz CT molecular complexity index is 829. The summed E-state index contributed by atoms with van der Waals surface area (Å²) in [6, 6.07) is 2.19. The van der Waals surface area contributed by atoms with E-state index in [0.717, 1.165) is 9.87 Å². The van der Waals surface area contributed by atoms with Crippen LogP contribution in [0.15, 0.2) is 34.8 Å². The summed E-state index contributed by atoms with van der Waals surface area (Å²) in [5, 5.41) is 11.3. The number of carbonyl (C=O) groups is 1. The second-order valence-electron chi connectivity index (χ2n) is 5.11. The minimum absolute atomic E-state index is 0.0266. The van der Waals surface area contributed by atoms with Crippen LogP contribution in [-0.2, 0) is 21.2 Å². The number of sulfonamides is 1. The Morgan fingerprint density at radius 1 is 1.45 bits per heavy atom. The Hall–Kier alpha value is -1.77. The van der Waals surface area contributed by atoms with Gasteiger partial charge in [-0.25, -0.2) is 8.42 Å². The molecule has 0 amide bonds. The predicted molar refractivity (Wildman–Crippen MR) is 81.3 cm³/mol. The van der Waals surface area contributed by atoms with Crippen LogP contribution in [0.4, 0.5) is 0 Å². The lowest BCUT2D eigenvalue weighted by Gasteiger charge is -2.31. The molecular weight excluding hydrogens is 324 g/mol. The minimum atomic E-state index is -3.90. The fraction of sp³-hybridized carbons (Fsp3) is 0.286. The van der Waals surface area contributed by atoms with Gasteiger partial charge >= 0.3 is 5.97 Å². The lowest BCUT2D eigenvalue weighted by atomic mass is 10.0. The molecule has 2 aromatic rings. The Morgan fingerprint density at radius 3 is 2.91 bits per heavy atom. The summed E-state index contributed by atoms with van der Waals surface area (Å²) in [4.78, 5) is 16.2. The lowest BCUT2D eigenvalue weighted by molar-refractivity contribution is -0.141. The van der Waals surface area contributed by atoms with Crippen LogP contribution >= 0.6 is 11.3 Å². The number of aliphatic carboxylic acids is 1. The third kappa shape index (κ3) is 2.43. The molecule has 2 aromatic heterocycles. The number of rotatable bonds is 3. The van der Waals surface area contributed by atoms with Crippen molar-refractivity contribution in [3.05, 3.63) is 45.9 Å². The van der Waals surface area contributed by atoms with E-state index in [1.165, 1.54) is 23.6 Å². The van der Waals surface area contributed by atoms with Crippen molar-refractivity contribution in [2.24, 2.45) is 0 Å². The van der Waals surface area contributed by atoms with E-state index < -0.39 is 22.0 Å². The minimum Gasteiger partial charge on any atom is -0.480 e. The van der Waals surface area contributed by atoms with Crippen LogP contribution in [-0.4, -0.2) is 35.3 Å². The van der Waals surface area contributed by atoms with Crippen molar-refractivity contribution in [3.63, 3.8) is 0 Å². The van der Waals surface area contributed by atoms with Gasteiger partial charge in [-0.3, -0.25) is 9.78 Å². The number of fused-ring (bicyclic) bond motifs is 1. The van der Waals surface area contributed by atoms with Gasteiger partial charge in [-0.1, -0.05) is 0 Å². The smallest absolute Gasteiger partial charge is 0.327 e. The van der Waals surface area contributed by atoms with Crippen LogP contribution in [0.1, 0.15) is 22.0 Å². The molecule has 3 rings (SSSR count). The normalized spacial score (nSPS) is 18.9. The van der Waals surface area contributed by atoms with E-state index >= 15 is 0 Å². The highest BCUT2D eigenvalue weighted by Crippen LogP contribution is 2.37. The van der Waals surface area contributed by atoms with Crippen LogP contribution in [0.3, 0.4) is 0 Å². The molecule has 1 N–H and O–H groups in total. The number of carboxylic acid groups (broad SMARTS) is 1. The van der Waals surface area contributed by atoms with E-state index in [4.69, 9.17) is 0 Å². The average molecular weight is 338 g/mol. The van der Waals surface area contributed by atoms with Crippen LogP contribution in [0.2, 0.25) is 0 Å². The largest absolute Gasteiger partial charge is 0.480 e. The van der Waals surface area contributed by atoms with Crippen molar-refractivity contribution in [1.82, 2.24) is 9.29 Å². The monoisotopic (exact) mass is 338 g/mol. The van der Waals surface area contributed by atoms with Gasteiger partial charge in [0, 0.05) is 23.8 Å². The quantitative estimate of drug-likeness (QED) is 0.922. The Morgan fingerprint density at radius 2 is 2.23 bits per heavy atom. The van der Waals surface area contributed by atoms with Gasteiger partial charge in [0.05, 0.1) is 0 Å². The summed E-state index contributed by atoms with van der Waals surface area (Å²) >= 11 is 1.28. The van der Waals surface area contributed by atoms with Gasteiger partial charge in [-0.2, -0.15) is 4.31 Å². The standard InChI is InChI=1S/C14H14N2O4S2/c1-9-6-11(8-15-7-9)22(19,20)16-4-2-10-3-5-21-13(10)12(16)14(17)18/h3,5-8,12H,2,4H2,1H3,(H,17,18). The summed E-state index contributed by atoms with van der Waals surface area (Å²) < 4.78 is 26.7. The number of hydrogen-bond donors (Lipinski definition) is 1. The lowest BCUT2D eigenvalue weighted by Crippen LogP contribution is -2.42. The van der Waals surface area contributed by atoms with Crippen molar-refractivity contribution in [2.75, 3.05) is 6.54 Å². The fourth-order valence-electron chi connectivity index (χ4n) is 2.58. The molecule has 1 aliphatic heterocycles. The molecule has 0 aromatic carbocycles. The molecule has 8 heteroatoms. The van der Waals surface area contributed by atoms with Gasteiger partial charge in [0.25, 0.3) is 0 Å². The summed E-state index contributed by atoms with van der Waals surface area (Å²) in [5.41, 5.74) is 1.62. The highest BCUT2D eigenvalue weighted by atomic mass is 32.2. The number of aromatic nitrogens is 1. The van der Waals surface area contributed by atoms with Gasteiger partial charge in [0.1, 0.15) is 4.90 Å². The Balaban J connectivity index is 2.09. The van der Waals surface area contributed by atoms with Crippen LogP contribution < -0.4 is 0 Å². The highest BCUT2D eigenvalue weighted by molar-refractivity contribution is 7.89. The van der Waals surface area contributed by atoms with E-state index in [2.05, 4.69) is 4.98 Å². The number of hydrogen-bond acceptors (Lipinski definition) is 5. The molecule has 0 spiro atoms. The average Bonchev–Trinajstić information content (AvgIpc) is 2.94. The number of carboxylic acids is 1. The van der Waals surface area contributed by atoms with Crippen LogP contribution in [0.25, 0.3) is 0 Å². The second-order valence-corrected chi connectivity index (χ2v) is 7.95. The third-order valence-corrected chi connectivity index (χ3v) is 6.45. The number of thiophene rings is 1. The van der Waals surface area contributed by atoms with Gasteiger partial charge < -0.3 is 5.11 Å². The van der Waals surface area contributed by atoms with Crippen molar-refractivity contribution >= 4 is 27.3 Å². The van der Waals surface area contributed by atoms with Crippen molar-refractivity contribution < 1.29 is 18.3 Å². The molecule has 116 valence electrons. The molecule has 0 saturated heterocycles. The second kappa shape index (κ2) is 5.45. The van der Waals surface area contributed by atoms with E-state index in [1.807, 2.05) is 6.07 Å². The molecular formula is C14H14N2O4S2. The zero-order valence-corrected chi connectivity index (χ0v) is 13.4. The molecule has 6 nitrogen and oxygen atoms in total. The summed E-state index contributed by atoms with van der Waals surface area (Å²) in [5.74, 6) is -1.16. The van der Waals surface area contributed by atoms with E-state index in [0.29, 0.717) is 16.9 Å². The molecule has 3 heterocycles. The van der Waals surface area contributed by atoms with Crippen molar-refractivity contribution in [3.8, 4) is 0 Å². The van der Waals surface area contributed by atoms with E-state index in [1.54, 1.807) is 18.5 Å². The first-order valence-corrected chi connectivity index (χ1v) is 8.96. The molecule has 1 unspecified atom stereocenters. The van der Waals surface area contributed by atoms with Gasteiger partial charge in [0.15, 0.2) is 6.04 Å². The molecule has 1 atom stereocenters. The zero-order valence-electron chi connectivity index (χ0n) is 11.8. The molecule has 22 heavy (non-hydrogen) atoms. The summed E-state index contributed by atoms with van der Waals surface area (Å²) in [7, 11) is -3.90. The maximum Gasteiger partial charge on any atom is 0.327 e. The molecule has 0 bridgehead atoms.